The molecule has 140 valence electrons. The Morgan fingerprint density at radius 1 is 1.08 bits per heavy atom. The van der Waals surface area contributed by atoms with Gasteiger partial charge in [0.2, 0.25) is 5.91 Å². The lowest BCUT2D eigenvalue weighted by Gasteiger charge is -2.36. The van der Waals surface area contributed by atoms with Crippen molar-refractivity contribution < 1.29 is 13.9 Å². The van der Waals surface area contributed by atoms with Gasteiger partial charge in [0.15, 0.2) is 0 Å². The van der Waals surface area contributed by atoms with Crippen molar-refractivity contribution in [2.45, 2.75) is 52.6 Å². The van der Waals surface area contributed by atoms with Gasteiger partial charge >= 0.3 is 0 Å². The van der Waals surface area contributed by atoms with Crippen LogP contribution < -0.4 is 0 Å². The minimum Gasteiger partial charge on any atom is -0.361 e. The van der Waals surface area contributed by atoms with Gasteiger partial charge in [-0.1, -0.05) is 15.5 Å². The van der Waals surface area contributed by atoms with E-state index in [1.165, 1.54) is 12.0 Å². The van der Waals surface area contributed by atoms with Crippen molar-refractivity contribution >= 4 is 5.91 Å². The van der Waals surface area contributed by atoms with Crippen molar-refractivity contribution in [1.82, 2.24) is 25.3 Å². The molecular weight excluding hydrogens is 334 g/mol. The first kappa shape index (κ1) is 17.2. The summed E-state index contributed by atoms with van der Waals surface area (Å²) in [4.78, 5) is 17.4. The van der Waals surface area contributed by atoms with Crippen molar-refractivity contribution in [1.29, 1.82) is 0 Å². The molecule has 2 bridgehead atoms. The number of carbonyl (C=O) groups excluding carboxylic acids is 1. The molecule has 1 amide bonds. The number of hydrogen-bond acceptors (Lipinski definition) is 7. The monoisotopic (exact) mass is 359 g/mol. The average Bonchev–Trinajstić information content (AvgIpc) is 3.02. The minimum absolute atomic E-state index is 0.123. The predicted octanol–water partition coefficient (Wildman–Crippen LogP) is 1.65. The normalized spacial score (nSPS) is 23.4. The average molecular weight is 359 g/mol. The maximum atomic E-state index is 12.9. The van der Waals surface area contributed by atoms with Crippen molar-refractivity contribution in [3.05, 3.63) is 28.4 Å². The molecule has 0 aliphatic carbocycles. The standard InChI is InChI=1S/C18H25N5O3/c1-11-16(13(3)25-19-11)10-22-7-14-4-5-15(9-22)23(8-14)18(24)6-17-12(2)20-26-21-17/h14-15H,4-10H2,1-3H3/t14-,15+/m1/s1. The van der Waals surface area contributed by atoms with Crippen LogP contribution >= 0.6 is 0 Å². The highest BCUT2D eigenvalue weighted by Crippen LogP contribution is 2.30. The van der Waals surface area contributed by atoms with E-state index in [4.69, 9.17) is 9.15 Å². The molecule has 3 fully saturated rings. The number of fused-ring (bicyclic) bond motifs is 4. The van der Waals surface area contributed by atoms with Crippen LogP contribution in [0.15, 0.2) is 9.15 Å². The zero-order valence-electron chi connectivity index (χ0n) is 15.6. The van der Waals surface area contributed by atoms with Crippen LogP contribution in [-0.2, 0) is 17.8 Å². The molecule has 3 saturated heterocycles. The molecule has 0 spiro atoms. The van der Waals surface area contributed by atoms with Gasteiger partial charge in [0.25, 0.3) is 0 Å². The summed E-state index contributed by atoms with van der Waals surface area (Å²) in [5.74, 6) is 1.52. The van der Waals surface area contributed by atoms with E-state index in [1.54, 1.807) is 0 Å². The summed E-state index contributed by atoms with van der Waals surface area (Å²) >= 11 is 0. The fraction of sp³-hybridized carbons (Fsp3) is 0.667. The minimum atomic E-state index is 0.123. The zero-order chi connectivity index (χ0) is 18.3. The largest absolute Gasteiger partial charge is 0.361 e. The van der Waals surface area contributed by atoms with Crippen molar-refractivity contribution in [2.75, 3.05) is 19.6 Å². The molecule has 3 aliphatic rings. The third kappa shape index (κ3) is 3.25. The lowest BCUT2D eigenvalue weighted by molar-refractivity contribution is -0.134. The number of carbonyl (C=O) groups is 1. The van der Waals surface area contributed by atoms with Crippen LogP contribution in [-0.4, -0.2) is 56.9 Å². The smallest absolute Gasteiger partial charge is 0.229 e. The van der Waals surface area contributed by atoms with E-state index in [2.05, 4.69) is 25.3 Å². The molecule has 0 radical (unpaired) electrons. The highest BCUT2D eigenvalue weighted by molar-refractivity contribution is 5.79. The Hall–Kier alpha value is -2.22. The summed E-state index contributed by atoms with van der Waals surface area (Å²) in [6.45, 7) is 9.33. The molecule has 2 atom stereocenters. The number of nitrogens with zero attached hydrogens (tertiary/aromatic N) is 5. The number of piperidine rings is 1. The number of amides is 1. The molecule has 26 heavy (non-hydrogen) atoms. The molecular formula is C18H25N5O3. The Bertz CT molecular complexity index is 779. The zero-order valence-corrected chi connectivity index (χ0v) is 15.6. The summed E-state index contributed by atoms with van der Waals surface area (Å²) in [6, 6.07) is 0.252. The second kappa shape index (κ2) is 6.83. The van der Waals surface area contributed by atoms with E-state index >= 15 is 0 Å². The summed E-state index contributed by atoms with van der Waals surface area (Å²) in [5, 5.41) is 11.7. The lowest BCUT2D eigenvalue weighted by atomic mass is 9.94. The van der Waals surface area contributed by atoms with Gasteiger partial charge in [-0.3, -0.25) is 9.69 Å². The van der Waals surface area contributed by atoms with Gasteiger partial charge in [0.05, 0.1) is 12.1 Å². The third-order valence-corrected chi connectivity index (χ3v) is 5.74. The summed E-state index contributed by atoms with van der Waals surface area (Å²) in [6.07, 6.45) is 2.50. The molecule has 0 saturated carbocycles. The Morgan fingerprint density at radius 3 is 2.62 bits per heavy atom. The van der Waals surface area contributed by atoms with E-state index in [0.29, 0.717) is 17.3 Å². The second-order valence-corrected chi connectivity index (χ2v) is 7.61. The molecule has 2 aromatic rings. The van der Waals surface area contributed by atoms with Crippen LogP contribution in [0.2, 0.25) is 0 Å². The molecule has 5 heterocycles. The summed E-state index contributed by atoms with van der Waals surface area (Å²) in [7, 11) is 0. The molecule has 2 aromatic heterocycles. The van der Waals surface area contributed by atoms with Gasteiger partial charge in [-0.2, -0.15) is 0 Å². The summed E-state index contributed by atoms with van der Waals surface area (Å²) in [5.41, 5.74) is 3.47. The molecule has 0 aromatic carbocycles. The third-order valence-electron chi connectivity index (χ3n) is 5.74. The van der Waals surface area contributed by atoms with Crippen LogP contribution in [0.3, 0.4) is 0 Å². The van der Waals surface area contributed by atoms with Gasteiger partial charge in [-0.25, -0.2) is 4.63 Å². The maximum Gasteiger partial charge on any atom is 0.229 e. The van der Waals surface area contributed by atoms with Crippen molar-refractivity contribution in [2.24, 2.45) is 5.92 Å². The summed E-state index contributed by atoms with van der Waals surface area (Å²) < 4.78 is 10.0. The first-order chi connectivity index (χ1) is 12.5. The van der Waals surface area contributed by atoms with Gasteiger partial charge < -0.3 is 9.42 Å². The molecule has 0 unspecified atom stereocenters. The van der Waals surface area contributed by atoms with Crippen molar-refractivity contribution in [3.63, 3.8) is 0 Å². The van der Waals surface area contributed by atoms with Crippen molar-refractivity contribution in [3.8, 4) is 0 Å². The maximum absolute atomic E-state index is 12.9. The number of hydrogen-bond donors (Lipinski definition) is 0. The Labute approximate surface area is 152 Å². The van der Waals surface area contributed by atoms with E-state index < -0.39 is 0 Å². The van der Waals surface area contributed by atoms with E-state index in [9.17, 15) is 4.79 Å². The fourth-order valence-electron chi connectivity index (χ4n) is 4.22. The molecule has 8 heteroatoms. The van der Waals surface area contributed by atoms with Gasteiger partial charge in [0, 0.05) is 37.8 Å². The second-order valence-electron chi connectivity index (χ2n) is 7.61. The first-order valence-electron chi connectivity index (χ1n) is 9.23. The van der Waals surface area contributed by atoms with E-state index in [0.717, 1.165) is 44.1 Å². The van der Waals surface area contributed by atoms with Gasteiger partial charge in [0.1, 0.15) is 17.1 Å². The Morgan fingerprint density at radius 2 is 1.92 bits per heavy atom. The number of rotatable bonds is 4. The highest BCUT2D eigenvalue weighted by Gasteiger charge is 2.37. The Balaban J connectivity index is 1.46. The van der Waals surface area contributed by atoms with Crippen LogP contribution in [0.4, 0.5) is 0 Å². The molecule has 8 nitrogen and oxygen atoms in total. The van der Waals surface area contributed by atoms with Crippen LogP contribution in [0.5, 0.6) is 0 Å². The van der Waals surface area contributed by atoms with Crippen LogP contribution in [0, 0.1) is 26.7 Å². The van der Waals surface area contributed by atoms with Crippen LogP contribution in [0.25, 0.3) is 0 Å². The van der Waals surface area contributed by atoms with Crippen LogP contribution in [0.1, 0.15) is 41.2 Å². The molecule has 5 rings (SSSR count). The molecule has 0 N–H and O–H groups in total. The highest BCUT2D eigenvalue weighted by atomic mass is 16.6. The van der Waals surface area contributed by atoms with Gasteiger partial charge in [-0.05, 0) is 39.5 Å². The SMILES string of the molecule is Cc1nonc1CC(=O)N1C[C@@H]2CC[C@H]1CN(Cc1c(C)noc1C)C2. The fourth-order valence-corrected chi connectivity index (χ4v) is 4.22. The Kier molecular flexibility index (Phi) is 4.52. The quantitative estimate of drug-likeness (QED) is 0.820. The lowest BCUT2D eigenvalue weighted by Crippen LogP contribution is -2.48. The topological polar surface area (TPSA) is 88.5 Å². The molecule has 3 aliphatic heterocycles. The number of aryl methyl sites for hydroxylation is 3. The van der Waals surface area contributed by atoms with E-state index in [1.807, 2.05) is 20.8 Å². The number of aromatic nitrogens is 3. The first-order valence-corrected chi connectivity index (χ1v) is 9.23. The predicted molar refractivity (Wildman–Crippen MR) is 92.2 cm³/mol. The van der Waals surface area contributed by atoms with E-state index in [-0.39, 0.29) is 18.4 Å². The van der Waals surface area contributed by atoms with Gasteiger partial charge in [-0.15, -0.1) is 0 Å².